The number of ether oxygens (including phenoxy) is 2. The summed E-state index contributed by atoms with van der Waals surface area (Å²) in [6.45, 7) is 0.0427. The summed E-state index contributed by atoms with van der Waals surface area (Å²) in [4.78, 5) is 35.2. The smallest absolute Gasteiger partial charge is 0.163 e. The van der Waals surface area contributed by atoms with E-state index in [1.54, 1.807) is 30.3 Å². The number of rotatable bonds is 10. The van der Waals surface area contributed by atoms with Crippen molar-refractivity contribution in [2.24, 2.45) is 0 Å². The van der Waals surface area contributed by atoms with Crippen LogP contribution < -0.4 is 9.47 Å². The molecule has 0 unspecified atom stereocenters. The molecule has 2 aromatic carbocycles. The number of hydrogen-bond acceptors (Lipinski definition) is 6. The van der Waals surface area contributed by atoms with Gasteiger partial charge in [0.1, 0.15) is 12.4 Å². The quantitative estimate of drug-likeness (QED) is 0.282. The maximum Gasteiger partial charge on any atom is 0.163 e. The summed E-state index contributed by atoms with van der Waals surface area (Å²) in [7, 11) is 1.43. The van der Waals surface area contributed by atoms with Gasteiger partial charge in [0, 0.05) is 0 Å². The van der Waals surface area contributed by atoms with Crippen molar-refractivity contribution >= 4 is 30.0 Å². The van der Waals surface area contributed by atoms with Crippen molar-refractivity contribution in [3.05, 3.63) is 65.2 Å². The van der Waals surface area contributed by atoms with E-state index in [0.29, 0.717) is 28.7 Å². The van der Waals surface area contributed by atoms with Gasteiger partial charge in [-0.05, 0) is 47.5 Å². The van der Waals surface area contributed by atoms with Crippen molar-refractivity contribution in [3.63, 3.8) is 0 Å². The minimum Gasteiger partial charge on any atom is -0.504 e. The van der Waals surface area contributed by atoms with Crippen LogP contribution in [0.5, 0.6) is 17.2 Å². The molecule has 0 heterocycles. The summed E-state index contributed by atoms with van der Waals surface area (Å²) in [6, 6.07) is 9.46. The molecule has 0 aromatic heterocycles. The van der Waals surface area contributed by atoms with Crippen LogP contribution in [0.25, 0.3) is 12.2 Å². The molecule has 0 spiro atoms. The lowest BCUT2D eigenvalue weighted by molar-refractivity contribution is -0.121. The Hall–Kier alpha value is -4.11. The van der Waals surface area contributed by atoms with Gasteiger partial charge in [0.15, 0.2) is 29.4 Å². The monoisotopic (exact) mass is 404 g/mol. The lowest BCUT2D eigenvalue weighted by Crippen LogP contribution is -2.02. The normalized spacial score (nSPS) is 10.7. The minimum atomic E-state index is -0.381. The van der Waals surface area contributed by atoms with Crippen LogP contribution in [0, 0.1) is 12.3 Å². The molecule has 2 rings (SSSR count). The summed E-state index contributed by atoms with van der Waals surface area (Å²) in [5.74, 6) is 2.20. The number of ketones is 2. The number of phenolic OH excluding ortho intramolecular Hbond substituents is 1. The Morgan fingerprint density at radius 3 is 2.27 bits per heavy atom. The number of carbonyl (C=O) groups excluding carboxylic acids is 3. The van der Waals surface area contributed by atoms with Gasteiger partial charge in [-0.3, -0.25) is 14.4 Å². The molecule has 0 aliphatic rings. The van der Waals surface area contributed by atoms with Gasteiger partial charge >= 0.3 is 0 Å². The predicted molar refractivity (Wildman–Crippen MR) is 114 cm³/mol. The second-order valence-corrected chi connectivity index (χ2v) is 6.12. The summed E-state index contributed by atoms with van der Waals surface area (Å²) >= 11 is 0. The van der Waals surface area contributed by atoms with Gasteiger partial charge in [-0.1, -0.05) is 30.2 Å². The van der Waals surface area contributed by atoms with Gasteiger partial charge in [0.05, 0.1) is 19.1 Å². The highest BCUT2D eigenvalue weighted by atomic mass is 16.5. The van der Waals surface area contributed by atoms with Crippen LogP contribution >= 0.6 is 0 Å². The number of aldehydes is 1. The third-order valence-electron chi connectivity index (χ3n) is 3.95. The number of phenols is 1. The van der Waals surface area contributed by atoms with Crippen molar-refractivity contribution in [1.29, 1.82) is 0 Å². The molecule has 0 radical (unpaired) electrons. The van der Waals surface area contributed by atoms with Crippen molar-refractivity contribution in [2.45, 2.75) is 6.42 Å². The highest BCUT2D eigenvalue weighted by Crippen LogP contribution is 2.26. The Labute approximate surface area is 174 Å². The zero-order valence-corrected chi connectivity index (χ0v) is 16.3. The second kappa shape index (κ2) is 11.0. The topological polar surface area (TPSA) is 89.9 Å². The highest BCUT2D eigenvalue weighted by molar-refractivity contribution is 6.10. The highest BCUT2D eigenvalue weighted by Gasteiger charge is 2.06. The van der Waals surface area contributed by atoms with Crippen LogP contribution in [0.1, 0.15) is 27.9 Å². The summed E-state index contributed by atoms with van der Waals surface area (Å²) in [5, 5.41) is 9.57. The zero-order chi connectivity index (χ0) is 21.9. The molecule has 0 amide bonds. The van der Waals surface area contributed by atoms with E-state index < -0.39 is 0 Å². The van der Waals surface area contributed by atoms with Gasteiger partial charge in [-0.15, -0.1) is 6.42 Å². The fourth-order valence-electron chi connectivity index (χ4n) is 2.48. The fraction of sp³-hybridized carbons (Fsp3) is 0.125. The first-order chi connectivity index (χ1) is 14.5. The Bertz CT molecular complexity index is 1040. The van der Waals surface area contributed by atoms with Gasteiger partial charge in [0.25, 0.3) is 0 Å². The third kappa shape index (κ3) is 6.50. The van der Waals surface area contributed by atoms with Crippen LogP contribution in [-0.2, 0) is 9.59 Å². The maximum absolute atomic E-state index is 12.0. The SMILES string of the molecule is C#CCOc1ccc(/C=C\C(=O)CC(=O)/C=C\c2ccc(O)c(OC)c2)cc1C=O. The van der Waals surface area contributed by atoms with E-state index in [0.717, 1.165) is 0 Å². The molecule has 1 N–H and O–H groups in total. The minimum absolute atomic E-state index is 0.00493. The van der Waals surface area contributed by atoms with Crippen molar-refractivity contribution in [2.75, 3.05) is 13.7 Å². The average Bonchev–Trinajstić information content (AvgIpc) is 2.75. The number of benzene rings is 2. The number of terminal acetylenes is 1. The Morgan fingerprint density at radius 2 is 1.67 bits per heavy atom. The molecular formula is C24H20O6. The standard InChI is InChI=1S/C24H20O6/c1-3-12-30-23-11-7-17(13-19(23)16-25)4-8-20(26)15-21(27)9-5-18-6-10-22(28)24(14-18)29-2/h1,4-11,13-14,16,28H,12,15H2,2H3/b8-4-,9-5-. The summed E-state index contributed by atoms with van der Waals surface area (Å²) in [5.41, 5.74) is 1.57. The van der Waals surface area contributed by atoms with Crippen LogP contribution in [0.2, 0.25) is 0 Å². The maximum atomic E-state index is 12.0. The molecule has 0 saturated carbocycles. The van der Waals surface area contributed by atoms with E-state index in [4.69, 9.17) is 15.9 Å². The molecule has 2 aromatic rings. The molecule has 0 aliphatic heterocycles. The zero-order valence-electron chi connectivity index (χ0n) is 16.3. The van der Waals surface area contributed by atoms with E-state index in [9.17, 15) is 19.5 Å². The van der Waals surface area contributed by atoms with E-state index in [1.807, 2.05) is 0 Å². The van der Waals surface area contributed by atoms with E-state index >= 15 is 0 Å². The summed E-state index contributed by atoms with van der Waals surface area (Å²) in [6.07, 6.45) is 11.1. The molecule has 0 saturated heterocycles. The lowest BCUT2D eigenvalue weighted by atomic mass is 10.1. The molecule has 0 aliphatic carbocycles. The van der Waals surface area contributed by atoms with E-state index in [2.05, 4.69) is 5.92 Å². The Kier molecular flexibility index (Phi) is 8.15. The summed E-state index contributed by atoms with van der Waals surface area (Å²) < 4.78 is 10.3. The first-order valence-electron chi connectivity index (χ1n) is 8.91. The van der Waals surface area contributed by atoms with Crippen LogP contribution in [0.15, 0.2) is 48.6 Å². The molecule has 6 heteroatoms. The van der Waals surface area contributed by atoms with E-state index in [1.165, 1.54) is 37.5 Å². The molecule has 0 bridgehead atoms. The van der Waals surface area contributed by atoms with Gasteiger partial charge in [-0.2, -0.15) is 0 Å². The molecule has 6 nitrogen and oxygen atoms in total. The van der Waals surface area contributed by atoms with Crippen LogP contribution in [0.4, 0.5) is 0 Å². The molecule has 152 valence electrons. The van der Waals surface area contributed by atoms with E-state index in [-0.39, 0.29) is 36.1 Å². The first kappa shape index (κ1) is 22.2. The number of methoxy groups -OCH3 is 1. The molecular weight excluding hydrogens is 384 g/mol. The number of hydrogen-bond donors (Lipinski definition) is 1. The Morgan fingerprint density at radius 1 is 1.03 bits per heavy atom. The van der Waals surface area contributed by atoms with Crippen LogP contribution in [0.3, 0.4) is 0 Å². The first-order valence-corrected chi connectivity index (χ1v) is 8.91. The van der Waals surface area contributed by atoms with Gasteiger partial charge < -0.3 is 14.6 Å². The Balaban J connectivity index is 1.98. The number of allylic oxidation sites excluding steroid dienone is 2. The molecule has 0 atom stereocenters. The van der Waals surface area contributed by atoms with Gasteiger partial charge in [-0.25, -0.2) is 0 Å². The average molecular weight is 404 g/mol. The van der Waals surface area contributed by atoms with Crippen molar-refractivity contribution in [3.8, 4) is 29.6 Å². The second-order valence-electron chi connectivity index (χ2n) is 6.12. The molecule has 30 heavy (non-hydrogen) atoms. The largest absolute Gasteiger partial charge is 0.504 e. The third-order valence-corrected chi connectivity index (χ3v) is 3.95. The van der Waals surface area contributed by atoms with Crippen LogP contribution in [-0.4, -0.2) is 36.7 Å². The van der Waals surface area contributed by atoms with Crippen molar-refractivity contribution < 1.29 is 29.0 Å². The fourth-order valence-corrected chi connectivity index (χ4v) is 2.48. The molecule has 0 fully saturated rings. The van der Waals surface area contributed by atoms with Crippen molar-refractivity contribution in [1.82, 2.24) is 0 Å². The lowest BCUT2D eigenvalue weighted by Gasteiger charge is -2.05. The number of carbonyl (C=O) groups is 3. The predicted octanol–water partition coefficient (Wildman–Crippen LogP) is 3.48. The number of aromatic hydroxyl groups is 1. The van der Waals surface area contributed by atoms with Gasteiger partial charge in [0.2, 0.25) is 0 Å².